The number of hydrogen-bond acceptors (Lipinski definition) is 2. The van der Waals surface area contributed by atoms with E-state index in [9.17, 15) is 4.79 Å². The molecular weight excluding hydrogens is 352 g/mol. The van der Waals surface area contributed by atoms with Crippen LogP contribution in [-0.2, 0) is 0 Å². The van der Waals surface area contributed by atoms with Gasteiger partial charge >= 0.3 is 0 Å². The molecule has 4 N–H and O–H groups in total. The quantitative estimate of drug-likeness (QED) is 0.487. The van der Waals surface area contributed by atoms with E-state index < -0.39 is 0 Å². The van der Waals surface area contributed by atoms with Crippen LogP contribution in [0, 0.1) is 13.8 Å². The van der Waals surface area contributed by atoms with Crippen molar-refractivity contribution in [2.24, 2.45) is 0 Å². The lowest BCUT2D eigenvalue weighted by Gasteiger charge is -2.12. The van der Waals surface area contributed by atoms with Gasteiger partial charge in [0.25, 0.3) is 5.91 Å². The summed E-state index contributed by atoms with van der Waals surface area (Å²) in [7, 11) is 0. The van der Waals surface area contributed by atoms with E-state index in [2.05, 4.69) is 43.1 Å². The van der Waals surface area contributed by atoms with Crippen molar-refractivity contribution < 1.29 is 4.79 Å². The largest absolute Gasteiger partial charge is 0.356 e. The number of anilines is 1. The lowest BCUT2D eigenvalue weighted by Crippen LogP contribution is -2.43. The minimum atomic E-state index is -0.301. The van der Waals surface area contributed by atoms with Gasteiger partial charge in [0.1, 0.15) is 5.69 Å². The van der Waals surface area contributed by atoms with E-state index in [0.29, 0.717) is 10.8 Å². The average molecular weight is 367 g/mol. The maximum absolute atomic E-state index is 11.8. The van der Waals surface area contributed by atoms with E-state index in [-0.39, 0.29) is 5.91 Å². The van der Waals surface area contributed by atoms with Crippen molar-refractivity contribution in [1.29, 1.82) is 0 Å². The van der Waals surface area contributed by atoms with Gasteiger partial charge < -0.3 is 10.3 Å². The van der Waals surface area contributed by atoms with Crippen LogP contribution in [0.2, 0.25) is 0 Å². The predicted molar refractivity (Wildman–Crippen MR) is 91.2 cm³/mol. The summed E-state index contributed by atoms with van der Waals surface area (Å²) in [6.45, 7) is 4.03. The molecule has 0 bridgehead atoms. The molecule has 0 aliphatic carbocycles. The lowest BCUT2D eigenvalue weighted by molar-refractivity contribution is 0.0940. The Labute approximate surface area is 136 Å². The molecule has 21 heavy (non-hydrogen) atoms. The second kappa shape index (κ2) is 6.73. The van der Waals surface area contributed by atoms with Crippen molar-refractivity contribution in [3.05, 3.63) is 51.8 Å². The van der Waals surface area contributed by atoms with Crippen molar-refractivity contribution >= 4 is 44.9 Å². The Morgan fingerprint density at radius 3 is 2.38 bits per heavy atom. The highest BCUT2D eigenvalue weighted by atomic mass is 79.9. The van der Waals surface area contributed by atoms with Crippen molar-refractivity contribution in [3.8, 4) is 0 Å². The number of H-pyrrole nitrogens is 1. The summed E-state index contributed by atoms with van der Waals surface area (Å²) in [6.07, 6.45) is 1.68. The number of hydrogen-bond donors (Lipinski definition) is 4. The molecule has 0 saturated carbocycles. The average Bonchev–Trinajstić information content (AvgIpc) is 2.81. The van der Waals surface area contributed by atoms with Crippen LogP contribution in [0.25, 0.3) is 0 Å². The third-order valence-electron chi connectivity index (χ3n) is 2.66. The molecule has 5 nitrogen and oxygen atoms in total. The van der Waals surface area contributed by atoms with Crippen molar-refractivity contribution in [1.82, 2.24) is 15.8 Å². The van der Waals surface area contributed by atoms with Crippen LogP contribution in [0.5, 0.6) is 0 Å². The molecule has 1 heterocycles. The molecule has 0 aliphatic rings. The Kier molecular flexibility index (Phi) is 4.98. The van der Waals surface area contributed by atoms with Crippen LogP contribution in [0.1, 0.15) is 21.6 Å². The van der Waals surface area contributed by atoms with Gasteiger partial charge in [-0.15, -0.1) is 0 Å². The summed E-state index contributed by atoms with van der Waals surface area (Å²) in [4.78, 5) is 14.6. The summed E-state index contributed by atoms with van der Waals surface area (Å²) in [5.74, 6) is -0.301. The molecule has 2 aromatic rings. The number of thiocarbonyl (C=S) groups is 1. The topological polar surface area (TPSA) is 68.9 Å². The predicted octanol–water partition coefficient (Wildman–Crippen LogP) is 3.03. The van der Waals surface area contributed by atoms with E-state index in [1.165, 1.54) is 0 Å². The molecule has 0 spiro atoms. The van der Waals surface area contributed by atoms with Crippen LogP contribution in [0.4, 0.5) is 5.69 Å². The first-order valence-corrected chi connectivity index (χ1v) is 7.44. The van der Waals surface area contributed by atoms with Crippen LogP contribution in [0.3, 0.4) is 0 Å². The molecule has 0 fully saturated rings. The third-order valence-corrected chi connectivity index (χ3v) is 3.32. The highest BCUT2D eigenvalue weighted by molar-refractivity contribution is 9.10. The second-order valence-electron chi connectivity index (χ2n) is 4.64. The first kappa shape index (κ1) is 15.5. The number of amides is 1. The summed E-state index contributed by atoms with van der Waals surface area (Å²) in [5, 5.41) is 3.34. The van der Waals surface area contributed by atoms with Gasteiger partial charge in [-0.05, 0) is 71.3 Å². The maximum atomic E-state index is 11.8. The Bertz CT molecular complexity index is 663. The normalized spacial score (nSPS) is 10.0. The van der Waals surface area contributed by atoms with E-state index in [1.54, 1.807) is 12.3 Å². The highest BCUT2D eigenvalue weighted by Crippen LogP contribution is 2.13. The fourth-order valence-electron chi connectivity index (χ4n) is 1.89. The first-order valence-electron chi connectivity index (χ1n) is 6.23. The van der Waals surface area contributed by atoms with Crippen LogP contribution in [-0.4, -0.2) is 16.0 Å². The number of hydrazine groups is 1. The molecule has 110 valence electrons. The number of benzene rings is 1. The number of halogens is 1. The van der Waals surface area contributed by atoms with Crippen LogP contribution < -0.4 is 16.2 Å². The molecule has 1 aromatic heterocycles. The molecule has 0 radical (unpaired) electrons. The Morgan fingerprint density at radius 2 is 1.81 bits per heavy atom. The highest BCUT2D eigenvalue weighted by Gasteiger charge is 2.08. The van der Waals surface area contributed by atoms with Crippen molar-refractivity contribution in [3.63, 3.8) is 0 Å². The smallest absolute Gasteiger partial charge is 0.286 e. The van der Waals surface area contributed by atoms with Crippen molar-refractivity contribution in [2.45, 2.75) is 13.8 Å². The number of rotatable bonds is 2. The number of aromatic nitrogens is 1. The summed E-state index contributed by atoms with van der Waals surface area (Å²) >= 11 is 8.41. The molecular formula is C14H15BrN4OS. The monoisotopic (exact) mass is 366 g/mol. The molecule has 7 heteroatoms. The zero-order valence-corrected chi connectivity index (χ0v) is 14.0. The zero-order chi connectivity index (χ0) is 15.4. The molecule has 1 amide bonds. The SMILES string of the molecule is Cc1cc(C)cc(NC(=S)NNC(=O)c2cc(Br)c[nH]2)c1. The molecule has 2 rings (SSSR count). The fraction of sp³-hybridized carbons (Fsp3) is 0.143. The summed E-state index contributed by atoms with van der Waals surface area (Å²) in [6, 6.07) is 7.71. The third kappa shape index (κ3) is 4.57. The van der Waals surface area contributed by atoms with Gasteiger partial charge in [-0.3, -0.25) is 15.6 Å². The van der Waals surface area contributed by atoms with Crippen LogP contribution in [0.15, 0.2) is 34.9 Å². The van der Waals surface area contributed by atoms with Gasteiger partial charge in [-0.1, -0.05) is 6.07 Å². The number of aryl methyl sites for hydroxylation is 2. The molecule has 0 saturated heterocycles. The van der Waals surface area contributed by atoms with Gasteiger partial charge in [0.05, 0.1) is 0 Å². The van der Waals surface area contributed by atoms with E-state index >= 15 is 0 Å². The minimum Gasteiger partial charge on any atom is -0.356 e. The van der Waals surface area contributed by atoms with Gasteiger partial charge in [-0.25, -0.2) is 0 Å². The van der Waals surface area contributed by atoms with Crippen LogP contribution >= 0.6 is 28.1 Å². The standard InChI is InChI=1S/C14H15BrN4OS/c1-8-3-9(2)5-11(4-8)17-14(21)19-18-13(20)12-6-10(15)7-16-12/h3-7,16H,1-2H3,(H,18,20)(H2,17,19,21). The summed E-state index contributed by atoms with van der Waals surface area (Å²) in [5.41, 5.74) is 8.77. The lowest BCUT2D eigenvalue weighted by atomic mass is 10.1. The van der Waals surface area contributed by atoms with E-state index in [1.807, 2.05) is 26.0 Å². The van der Waals surface area contributed by atoms with E-state index in [4.69, 9.17) is 12.2 Å². The number of nitrogens with one attached hydrogen (secondary N) is 4. The molecule has 0 unspecified atom stereocenters. The van der Waals surface area contributed by atoms with Crippen molar-refractivity contribution in [2.75, 3.05) is 5.32 Å². The fourth-order valence-corrected chi connectivity index (χ4v) is 2.40. The van der Waals surface area contributed by atoms with Gasteiger partial charge in [0.2, 0.25) is 0 Å². The maximum Gasteiger partial charge on any atom is 0.286 e. The Balaban J connectivity index is 1.88. The minimum absolute atomic E-state index is 0.301. The molecule has 1 aromatic carbocycles. The Hall–Kier alpha value is -1.86. The molecule has 0 atom stereocenters. The summed E-state index contributed by atoms with van der Waals surface area (Å²) < 4.78 is 0.809. The van der Waals surface area contributed by atoms with Gasteiger partial charge in [-0.2, -0.15) is 0 Å². The molecule has 0 aliphatic heterocycles. The number of carbonyl (C=O) groups is 1. The second-order valence-corrected chi connectivity index (χ2v) is 5.97. The number of carbonyl (C=O) groups excluding carboxylic acids is 1. The Morgan fingerprint density at radius 1 is 1.14 bits per heavy atom. The number of aromatic amines is 1. The zero-order valence-electron chi connectivity index (χ0n) is 11.6. The first-order chi connectivity index (χ1) is 9.94. The van der Waals surface area contributed by atoms with Gasteiger partial charge in [0, 0.05) is 16.4 Å². The van der Waals surface area contributed by atoms with Gasteiger partial charge in [0.15, 0.2) is 5.11 Å². The van der Waals surface area contributed by atoms with E-state index in [0.717, 1.165) is 21.3 Å².